The Kier molecular flexibility index (Phi) is 2.54. The molecule has 0 amide bonds. The molecule has 0 aliphatic heterocycles. The molecule has 1 heteroatoms. The lowest BCUT2D eigenvalue weighted by Gasteiger charge is -2.22. The molecule has 2 fully saturated rings. The van der Waals surface area contributed by atoms with Crippen LogP contribution in [0.25, 0.3) is 0 Å². The Balaban J connectivity index is 2.03. The normalized spacial score (nSPS) is 47.3. The van der Waals surface area contributed by atoms with Crippen molar-refractivity contribution in [3.63, 3.8) is 0 Å². The van der Waals surface area contributed by atoms with Crippen LogP contribution in [0.1, 0.15) is 39.5 Å². The zero-order chi connectivity index (χ0) is 11.1. The molecule has 0 heterocycles. The second-order valence-corrected chi connectivity index (χ2v) is 5.04. The third-order valence-corrected chi connectivity index (χ3v) is 4.25. The van der Waals surface area contributed by atoms with Crippen LogP contribution in [0.15, 0.2) is 25.3 Å². The molecule has 0 saturated heterocycles. The summed E-state index contributed by atoms with van der Waals surface area (Å²) in [5.41, 5.74) is -0.0419. The Morgan fingerprint density at radius 2 is 1.47 bits per heavy atom. The molecule has 4 atom stereocenters. The molecule has 0 radical (unpaired) electrons. The van der Waals surface area contributed by atoms with Crippen molar-refractivity contribution in [2.75, 3.05) is 0 Å². The molecule has 1 nitrogen and oxygen atoms in total. The third kappa shape index (κ3) is 1.57. The van der Waals surface area contributed by atoms with Crippen LogP contribution in [-0.4, -0.2) is 11.2 Å². The predicted octanol–water partition coefficient (Wildman–Crippen LogP) is 3.71. The van der Waals surface area contributed by atoms with Crippen LogP contribution in [0.4, 0.5) is 0 Å². The summed E-state index contributed by atoms with van der Waals surface area (Å²) in [6, 6.07) is 0. The maximum Gasteiger partial charge on any atom is 0.0904 e. The monoisotopic (exact) mass is 206 g/mol. The molecule has 0 aromatic rings. The van der Waals surface area contributed by atoms with Crippen LogP contribution in [-0.2, 0) is 4.74 Å². The molecule has 0 spiro atoms. The number of ether oxygens (including phenoxy) is 1. The molecule has 2 rings (SSSR count). The van der Waals surface area contributed by atoms with Gasteiger partial charge < -0.3 is 4.74 Å². The molecule has 0 N–H and O–H groups in total. The summed E-state index contributed by atoms with van der Waals surface area (Å²) in [6.07, 6.45) is 8.71. The molecular formula is C14H22O. The Morgan fingerprint density at radius 3 is 1.67 bits per heavy atom. The molecular weight excluding hydrogens is 184 g/mol. The van der Waals surface area contributed by atoms with Gasteiger partial charge in [-0.1, -0.05) is 38.8 Å². The van der Waals surface area contributed by atoms with Crippen molar-refractivity contribution in [2.45, 2.75) is 50.7 Å². The first-order valence-electron chi connectivity index (χ1n) is 6.13. The van der Waals surface area contributed by atoms with Gasteiger partial charge in [0.15, 0.2) is 0 Å². The van der Waals surface area contributed by atoms with Crippen LogP contribution in [0.2, 0.25) is 0 Å². The summed E-state index contributed by atoms with van der Waals surface area (Å²) in [5.74, 6) is 1.37. The van der Waals surface area contributed by atoms with Gasteiger partial charge >= 0.3 is 0 Å². The lowest BCUT2D eigenvalue weighted by atomic mass is 10.1. The van der Waals surface area contributed by atoms with Crippen LogP contribution in [0, 0.1) is 11.8 Å². The van der Waals surface area contributed by atoms with Crippen molar-refractivity contribution in [1.29, 1.82) is 0 Å². The van der Waals surface area contributed by atoms with Gasteiger partial charge in [0.2, 0.25) is 0 Å². The fourth-order valence-corrected chi connectivity index (χ4v) is 2.82. The zero-order valence-corrected chi connectivity index (χ0v) is 9.96. The maximum atomic E-state index is 6.32. The first-order valence-corrected chi connectivity index (χ1v) is 6.13. The molecule has 15 heavy (non-hydrogen) atoms. The first kappa shape index (κ1) is 10.9. The standard InChI is InChI=1S/C14H22O/c1-5-11-9-13(11,7-3)15-14(8-4)10-12(14)6-2/h7-8,11-12H,3-6,9-10H2,1-2H3. The van der Waals surface area contributed by atoms with E-state index in [0.717, 1.165) is 12.8 Å². The predicted molar refractivity (Wildman–Crippen MR) is 63.7 cm³/mol. The van der Waals surface area contributed by atoms with Crippen molar-refractivity contribution in [1.82, 2.24) is 0 Å². The molecule has 84 valence electrons. The van der Waals surface area contributed by atoms with Gasteiger partial charge in [0, 0.05) is 0 Å². The van der Waals surface area contributed by atoms with Gasteiger partial charge in [-0.05, 0) is 24.7 Å². The molecule has 0 aromatic carbocycles. The topological polar surface area (TPSA) is 9.23 Å². The van der Waals surface area contributed by atoms with Gasteiger partial charge in [0.05, 0.1) is 11.2 Å². The van der Waals surface area contributed by atoms with E-state index in [9.17, 15) is 0 Å². The van der Waals surface area contributed by atoms with Crippen molar-refractivity contribution >= 4 is 0 Å². The van der Waals surface area contributed by atoms with Gasteiger partial charge in [-0.2, -0.15) is 0 Å². The van der Waals surface area contributed by atoms with E-state index in [1.165, 1.54) is 12.8 Å². The van der Waals surface area contributed by atoms with Gasteiger partial charge in [-0.3, -0.25) is 0 Å². The summed E-state index contributed by atoms with van der Waals surface area (Å²) in [6.45, 7) is 12.3. The molecule has 2 aliphatic rings. The summed E-state index contributed by atoms with van der Waals surface area (Å²) in [7, 11) is 0. The Hall–Kier alpha value is -0.560. The SMILES string of the molecule is C=CC1(OC2(C=C)CC2CC)CC1CC. The van der Waals surface area contributed by atoms with E-state index in [-0.39, 0.29) is 11.2 Å². The Labute approximate surface area is 93.2 Å². The second-order valence-electron chi connectivity index (χ2n) is 5.04. The number of hydrogen-bond donors (Lipinski definition) is 0. The summed E-state index contributed by atoms with van der Waals surface area (Å²) < 4.78 is 6.32. The van der Waals surface area contributed by atoms with Crippen molar-refractivity contribution < 1.29 is 4.74 Å². The van der Waals surface area contributed by atoms with E-state index >= 15 is 0 Å². The minimum atomic E-state index is -0.0210. The van der Waals surface area contributed by atoms with E-state index in [0.29, 0.717) is 11.8 Å². The van der Waals surface area contributed by atoms with Crippen LogP contribution in [0.3, 0.4) is 0 Å². The average molecular weight is 206 g/mol. The highest BCUT2D eigenvalue weighted by molar-refractivity contribution is 5.23. The molecule has 2 aliphatic carbocycles. The van der Waals surface area contributed by atoms with Gasteiger partial charge in [-0.25, -0.2) is 0 Å². The maximum absolute atomic E-state index is 6.32. The molecule has 0 aromatic heterocycles. The smallest absolute Gasteiger partial charge is 0.0904 e. The summed E-state index contributed by atoms with van der Waals surface area (Å²) in [4.78, 5) is 0. The quantitative estimate of drug-likeness (QED) is 0.602. The summed E-state index contributed by atoms with van der Waals surface area (Å²) >= 11 is 0. The Bertz CT molecular complexity index is 255. The first-order chi connectivity index (χ1) is 7.16. The van der Waals surface area contributed by atoms with Crippen molar-refractivity contribution in [3.05, 3.63) is 25.3 Å². The molecule has 2 saturated carbocycles. The molecule has 4 unspecified atom stereocenters. The zero-order valence-electron chi connectivity index (χ0n) is 9.96. The lowest BCUT2D eigenvalue weighted by Crippen LogP contribution is -2.25. The fourth-order valence-electron chi connectivity index (χ4n) is 2.82. The number of rotatable bonds is 6. The average Bonchev–Trinajstić information content (AvgIpc) is 3.15. The minimum Gasteiger partial charge on any atom is -0.360 e. The van der Waals surface area contributed by atoms with Gasteiger partial charge in [0.1, 0.15) is 0 Å². The van der Waals surface area contributed by atoms with E-state index in [2.05, 4.69) is 27.0 Å². The fraction of sp³-hybridized carbons (Fsp3) is 0.714. The van der Waals surface area contributed by atoms with Crippen LogP contribution in [0.5, 0.6) is 0 Å². The third-order valence-electron chi connectivity index (χ3n) is 4.25. The van der Waals surface area contributed by atoms with Crippen molar-refractivity contribution in [2.24, 2.45) is 11.8 Å². The Morgan fingerprint density at radius 1 is 1.07 bits per heavy atom. The highest BCUT2D eigenvalue weighted by atomic mass is 16.5. The van der Waals surface area contributed by atoms with Crippen LogP contribution < -0.4 is 0 Å². The molecule has 0 bridgehead atoms. The highest BCUT2D eigenvalue weighted by Crippen LogP contribution is 2.59. The van der Waals surface area contributed by atoms with Gasteiger partial charge in [-0.15, -0.1) is 13.2 Å². The van der Waals surface area contributed by atoms with E-state index in [1.807, 2.05) is 12.2 Å². The second kappa shape index (κ2) is 3.48. The largest absolute Gasteiger partial charge is 0.360 e. The highest BCUT2D eigenvalue weighted by Gasteiger charge is 2.62. The summed E-state index contributed by atoms with van der Waals surface area (Å²) in [5, 5.41) is 0. The number of hydrogen-bond acceptors (Lipinski definition) is 1. The van der Waals surface area contributed by atoms with E-state index in [4.69, 9.17) is 4.74 Å². The van der Waals surface area contributed by atoms with E-state index < -0.39 is 0 Å². The van der Waals surface area contributed by atoms with Gasteiger partial charge in [0.25, 0.3) is 0 Å². The van der Waals surface area contributed by atoms with Crippen LogP contribution >= 0.6 is 0 Å². The lowest BCUT2D eigenvalue weighted by molar-refractivity contribution is -0.0121. The van der Waals surface area contributed by atoms with Crippen molar-refractivity contribution in [3.8, 4) is 0 Å². The van der Waals surface area contributed by atoms with E-state index in [1.54, 1.807) is 0 Å². The minimum absolute atomic E-state index is 0.0210.